The quantitative estimate of drug-likeness (QED) is 0.828. The molecule has 2 aromatic rings. The lowest BCUT2D eigenvalue weighted by Crippen LogP contribution is -2.28. The Kier molecular flexibility index (Phi) is 4.75. The molecule has 0 amide bonds. The number of ether oxygens (including phenoxy) is 2. The molecule has 1 heterocycles. The van der Waals surface area contributed by atoms with E-state index in [1.807, 2.05) is 6.07 Å². The van der Waals surface area contributed by atoms with Crippen molar-refractivity contribution in [1.29, 1.82) is 0 Å². The van der Waals surface area contributed by atoms with Crippen LogP contribution >= 0.6 is 0 Å². The second-order valence-corrected chi connectivity index (χ2v) is 7.22. The molecule has 1 aliphatic rings. The minimum absolute atomic E-state index is 0.0436. The van der Waals surface area contributed by atoms with Crippen LogP contribution in [0.25, 0.3) is 0 Å². The van der Waals surface area contributed by atoms with Crippen LogP contribution in [0.3, 0.4) is 0 Å². The average Bonchev–Trinajstić information content (AvgIpc) is 3.07. The van der Waals surface area contributed by atoms with Crippen molar-refractivity contribution in [2.45, 2.75) is 17.4 Å². The number of benzene rings is 2. The second kappa shape index (κ2) is 6.80. The number of hydrogen-bond donors (Lipinski definition) is 2. The van der Waals surface area contributed by atoms with Gasteiger partial charge in [0.15, 0.2) is 0 Å². The summed E-state index contributed by atoms with van der Waals surface area (Å²) >= 11 is 0. The number of fused-ring (bicyclic) bond motifs is 1. The summed E-state index contributed by atoms with van der Waals surface area (Å²) in [6.07, 6.45) is -0.150. The van der Waals surface area contributed by atoms with E-state index in [9.17, 15) is 13.5 Å². The zero-order valence-electron chi connectivity index (χ0n) is 13.2. The summed E-state index contributed by atoms with van der Waals surface area (Å²) in [7, 11) is -2.36. The molecule has 2 aromatic carbocycles. The van der Waals surface area contributed by atoms with Crippen LogP contribution in [-0.4, -0.2) is 33.8 Å². The van der Waals surface area contributed by atoms with Crippen LogP contribution in [0.1, 0.15) is 17.2 Å². The highest BCUT2D eigenvalue weighted by Gasteiger charge is 2.21. The van der Waals surface area contributed by atoms with Crippen LogP contribution < -0.4 is 14.2 Å². The van der Waals surface area contributed by atoms with E-state index in [0.29, 0.717) is 12.2 Å². The van der Waals surface area contributed by atoms with Crippen LogP contribution in [-0.2, 0) is 16.4 Å². The van der Waals surface area contributed by atoms with Crippen LogP contribution in [0.4, 0.5) is 0 Å². The van der Waals surface area contributed by atoms with Crippen molar-refractivity contribution in [1.82, 2.24) is 4.72 Å². The molecule has 0 bridgehead atoms. The number of hydrogen-bond acceptors (Lipinski definition) is 5. The summed E-state index contributed by atoms with van der Waals surface area (Å²) in [5, 5.41) is 10.3. The number of nitrogens with one attached hydrogen (secondary N) is 1. The maximum absolute atomic E-state index is 12.4. The molecule has 0 fully saturated rings. The third kappa shape index (κ3) is 3.38. The highest BCUT2D eigenvalue weighted by molar-refractivity contribution is 7.89. The summed E-state index contributed by atoms with van der Waals surface area (Å²) < 4.78 is 37.8. The molecular formula is C17H19NO5S. The first-order valence-electron chi connectivity index (χ1n) is 7.57. The second-order valence-electron chi connectivity index (χ2n) is 5.48. The fraction of sp³-hybridized carbons (Fsp3) is 0.294. The molecule has 0 saturated carbocycles. The first kappa shape index (κ1) is 16.8. The predicted molar refractivity (Wildman–Crippen MR) is 88.8 cm³/mol. The molecule has 6 nitrogen and oxygen atoms in total. The van der Waals surface area contributed by atoms with E-state index < -0.39 is 16.1 Å². The maximum Gasteiger partial charge on any atom is 0.244 e. The van der Waals surface area contributed by atoms with Gasteiger partial charge >= 0.3 is 0 Å². The largest absolute Gasteiger partial charge is 0.495 e. The first-order chi connectivity index (χ1) is 11.5. The molecule has 1 atom stereocenters. The fourth-order valence-corrected chi connectivity index (χ4v) is 3.85. The van der Waals surface area contributed by atoms with Crippen molar-refractivity contribution < 1.29 is 23.0 Å². The van der Waals surface area contributed by atoms with Crippen molar-refractivity contribution in [2.24, 2.45) is 0 Å². The first-order valence-corrected chi connectivity index (χ1v) is 9.06. The lowest BCUT2D eigenvalue weighted by Gasteiger charge is -2.15. The molecule has 0 radical (unpaired) electrons. The lowest BCUT2D eigenvalue weighted by atomic mass is 10.0. The molecule has 0 spiro atoms. The molecule has 3 rings (SSSR count). The van der Waals surface area contributed by atoms with Gasteiger partial charge in [-0.1, -0.05) is 18.2 Å². The highest BCUT2D eigenvalue weighted by atomic mass is 32.2. The summed E-state index contributed by atoms with van der Waals surface area (Å²) in [4.78, 5) is 0.0436. The van der Waals surface area contributed by atoms with E-state index in [2.05, 4.69) is 4.72 Å². The minimum Gasteiger partial charge on any atom is -0.495 e. The molecule has 1 aliphatic heterocycles. The Morgan fingerprint density at radius 1 is 1.29 bits per heavy atom. The van der Waals surface area contributed by atoms with Crippen molar-refractivity contribution in [3.05, 3.63) is 53.6 Å². The van der Waals surface area contributed by atoms with E-state index in [-0.39, 0.29) is 17.2 Å². The molecule has 2 N–H and O–H groups in total. The Balaban J connectivity index is 1.72. The van der Waals surface area contributed by atoms with Crippen LogP contribution in [0, 0.1) is 0 Å². The van der Waals surface area contributed by atoms with E-state index in [0.717, 1.165) is 17.7 Å². The molecule has 128 valence electrons. The summed E-state index contributed by atoms with van der Waals surface area (Å²) in [6, 6.07) is 11.7. The van der Waals surface area contributed by atoms with Crippen molar-refractivity contribution in [3.8, 4) is 11.5 Å². The smallest absolute Gasteiger partial charge is 0.244 e. The van der Waals surface area contributed by atoms with Crippen LogP contribution in [0.2, 0.25) is 0 Å². The van der Waals surface area contributed by atoms with Gasteiger partial charge in [-0.25, -0.2) is 13.1 Å². The van der Waals surface area contributed by atoms with E-state index >= 15 is 0 Å². The predicted octanol–water partition coefficient (Wildman–Crippen LogP) is 1.64. The molecule has 0 unspecified atom stereocenters. The lowest BCUT2D eigenvalue weighted by molar-refractivity contribution is 0.182. The SMILES string of the molecule is COc1ccccc1S(=O)(=O)NC[C@@H](O)c1ccc2c(c1)CCO2. The number of aliphatic hydroxyl groups excluding tert-OH is 1. The van der Waals surface area contributed by atoms with Crippen LogP contribution in [0.15, 0.2) is 47.4 Å². The van der Waals surface area contributed by atoms with Crippen molar-refractivity contribution in [3.63, 3.8) is 0 Å². The zero-order valence-corrected chi connectivity index (χ0v) is 14.0. The monoisotopic (exact) mass is 349 g/mol. The molecule has 0 aliphatic carbocycles. The zero-order chi connectivity index (χ0) is 17.2. The summed E-state index contributed by atoms with van der Waals surface area (Å²) in [5.74, 6) is 1.08. The van der Waals surface area contributed by atoms with Crippen LogP contribution in [0.5, 0.6) is 11.5 Å². The number of para-hydroxylation sites is 1. The topological polar surface area (TPSA) is 84.9 Å². The fourth-order valence-electron chi connectivity index (χ4n) is 2.64. The molecular weight excluding hydrogens is 330 g/mol. The minimum atomic E-state index is -3.78. The third-order valence-corrected chi connectivity index (χ3v) is 5.39. The number of rotatable bonds is 6. The Hall–Kier alpha value is -2.09. The van der Waals surface area contributed by atoms with Crippen molar-refractivity contribution >= 4 is 10.0 Å². The van der Waals surface area contributed by atoms with E-state index in [4.69, 9.17) is 9.47 Å². The third-order valence-electron chi connectivity index (χ3n) is 3.92. The molecule has 0 saturated heterocycles. The van der Waals surface area contributed by atoms with Gasteiger partial charge in [-0.2, -0.15) is 0 Å². The normalized spacial score (nSPS) is 14.8. The Labute approximate surface area is 141 Å². The van der Waals surface area contributed by atoms with E-state index in [1.54, 1.807) is 30.3 Å². The van der Waals surface area contributed by atoms with E-state index in [1.165, 1.54) is 13.2 Å². The van der Waals surface area contributed by atoms with Gasteiger partial charge in [-0.15, -0.1) is 0 Å². The molecule has 24 heavy (non-hydrogen) atoms. The van der Waals surface area contributed by atoms with Gasteiger partial charge in [-0.05, 0) is 35.4 Å². The molecule has 7 heteroatoms. The van der Waals surface area contributed by atoms with Gasteiger partial charge in [0.1, 0.15) is 16.4 Å². The standard InChI is InChI=1S/C17H19NO5S/c1-22-16-4-2-3-5-17(16)24(20,21)18-11-14(19)12-6-7-15-13(10-12)8-9-23-15/h2-7,10,14,18-19H,8-9,11H2,1H3/t14-/m1/s1. The summed E-state index contributed by atoms with van der Waals surface area (Å²) in [5.41, 5.74) is 1.68. The average molecular weight is 349 g/mol. The van der Waals surface area contributed by atoms with Gasteiger partial charge in [0.05, 0.1) is 19.8 Å². The summed E-state index contributed by atoms with van der Waals surface area (Å²) in [6.45, 7) is 0.509. The van der Waals surface area contributed by atoms with Gasteiger partial charge in [0.25, 0.3) is 0 Å². The van der Waals surface area contributed by atoms with Gasteiger partial charge in [-0.3, -0.25) is 0 Å². The Morgan fingerprint density at radius 3 is 2.88 bits per heavy atom. The van der Waals surface area contributed by atoms with Gasteiger partial charge in [0, 0.05) is 13.0 Å². The number of sulfonamides is 1. The number of methoxy groups -OCH3 is 1. The highest BCUT2D eigenvalue weighted by Crippen LogP contribution is 2.28. The van der Waals surface area contributed by atoms with Gasteiger partial charge in [0.2, 0.25) is 10.0 Å². The van der Waals surface area contributed by atoms with Gasteiger partial charge < -0.3 is 14.6 Å². The maximum atomic E-state index is 12.4. The Bertz CT molecular complexity index is 835. The Morgan fingerprint density at radius 2 is 2.08 bits per heavy atom. The molecule has 0 aromatic heterocycles. The van der Waals surface area contributed by atoms with Crippen molar-refractivity contribution in [2.75, 3.05) is 20.3 Å². The number of aliphatic hydroxyl groups is 1.